The van der Waals surface area contributed by atoms with E-state index in [4.69, 9.17) is 4.74 Å². The van der Waals surface area contributed by atoms with Gasteiger partial charge in [-0.2, -0.15) is 5.10 Å². The number of alkyl carbamates (subject to hydrolysis) is 1. The molecule has 31 heavy (non-hydrogen) atoms. The van der Waals surface area contributed by atoms with Crippen LogP contribution in [-0.4, -0.2) is 43.1 Å². The summed E-state index contributed by atoms with van der Waals surface area (Å²) in [5.74, 6) is -1.41. The molecule has 4 N–H and O–H groups in total. The predicted octanol–water partition coefficient (Wildman–Crippen LogP) is 3.57. The molecule has 0 aliphatic heterocycles. The Morgan fingerprint density at radius 1 is 1.19 bits per heavy atom. The summed E-state index contributed by atoms with van der Waals surface area (Å²) >= 11 is 0. The second-order valence-electron chi connectivity index (χ2n) is 7.86. The number of hydrogen-bond donors (Lipinski definition) is 4. The molecule has 3 rings (SSSR count). The van der Waals surface area contributed by atoms with Crippen LogP contribution in [0.2, 0.25) is 0 Å². The number of nitrogens with zero attached hydrogens (tertiary/aromatic N) is 1. The number of sulfonamides is 1. The highest BCUT2D eigenvalue weighted by molar-refractivity contribution is 7.92. The maximum atomic E-state index is 14.3. The van der Waals surface area contributed by atoms with E-state index < -0.39 is 33.4 Å². The molecule has 1 aromatic carbocycles. The van der Waals surface area contributed by atoms with Crippen LogP contribution in [0.3, 0.4) is 0 Å². The number of carbonyl (C=O) groups excluding carboxylic acids is 1. The van der Waals surface area contributed by atoms with Crippen molar-refractivity contribution in [1.29, 1.82) is 0 Å². The van der Waals surface area contributed by atoms with E-state index in [1.54, 1.807) is 6.07 Å². The Labute approximate surface area is 179 Å². The molecular formula is C19H25F2N5O4S. The van der Waals surface area contributed by atoms with Crippen molar-refractivity contribution in [3.8, 4) is 0 Å². The molecular weight excluding hydrogens is 432 g/mol. The zero-order valence-electron chi connectivity index (χ0n) is 17.3. The van der Waals surface area contributed by atoms with Crippen LogP contribution in [0, 0.1) is 11.6 Å². The number of H-pyrrole nitrogens is 1. The van der Waals surface area contributed by atoms with Crippen LogP contribution in [0.4, 0.5) is 30.8 Å². The zero-order chi connectivity index (χ0) is 22.8. The number of halogens is 2. The van der Waals surface area contributed by atoms with Crippen LogP contribution in [-0.2, 0) is 14.8 Å². The van der Waals surface area contributed by atoms with Gasteiger partial charge in [-0.15, -0.1) is 0 Å². The fourth-order valence-electron chi connectivity index (χ4n) is 3.42. The Kier molecular flexibility index (Phi) is 6.68. The number of amides is 1. The molecule has 0 saturated heterocycles. The Hall–Kier alpha value is -2.89. The van der Waals surface area contributed by atoms with E-state index in [2.05, 4.69) is 20.8 Å². The van der Waals surface area contributed by atoms with Gasteiger partial charge in [-0.05, 0) is 33.1 Å². The summed E-state index contributed by atoms with van der Waals surface area (Å²) in [4.78, 5) is 11.8. The van der Waals surface area contributed by atoms with E-state index in [1.165, 1.54) is 0 Å². The summed E-state index contributed by atoms with van der Waals surface area (Å²) in [6.07, 6.45) is 2.32. The number of rotatable bonds is 7. The summed E-state index contributed by atoms with van der Waals surface area (Å²) in [7, 11) is -3.74. The molecule has 170 valence electrons. The Morgan fingerprint density at radius 2 is 1.87 bits per heavy atom. The first-order chi connectivity index (χ1) is 14.5. The van der Waals surface area contributed by atoms with Gasteiger partial charge in [0.15, 0.2) is 5.82 Å². The third kappa shape index (κ3) is 6.29. The molecule has 2 atom stereocenters. The van der Waals surface area contributed by atoms with Crippen LogP contribution < -0.4 is 15.4 Å². The van der Waals surface area contributed by atoms with Crippen molar-refractivity contribution in [3.63, 3.8) is 0 Å². The van der Waals surface area contributed by atoms with E-state index in [1.807, 2.05) is 18.6 Å². The number of aromatic amines is 1. The van der Waals surface area contributed by atoms with Crippen molar-refractivity contribution >= 4 is 33.3 Å². The largest absolute Gasteiger partial charge is 0.446 e. The molecule has 1 aliphatic rings. The van der Waals surface area contributed by atoms with Gasteiger partial charge < -0.3 is 15.4 Å². The predicted molar refractivity (Wildman–Crippen MR) is 112 cm³/mol. The number of nitrogens with one attached hydrogen (secondary N) is 4. The molecule has 0 unspecified atom stereocenters. The molecule has 12 heteroatoms. The topological polar surface area (TPSA) is 125 Å². The lowest BCUT2D eigenvalue weighted by Gasteiger charge is -2.14. The fraction of sp³-hybridized carbons (Fsp3) is 0.474. The minimum absolute atomic E-state index is 0.00704. The van der Waals surface area contributed by atoms with Gasteiger partial charge in [0, 0.05) is 35.9 Å². The van der Waals surface area contributed by atoms with Crippen LogP contribution in [0.5, 0.6) is 0 Å². The highest BCUT2D eigenvalue weighted by atomic mass is 32.2. The third-order valence-electron chi connectivity index (χ3n) is 4.72. The standard InChI is InChI=1S/C19H25F2N5O4S/c1-10(2)22-19(27)30-12-5-4-11(6-12)15-9-18(25-24-15)23-16-7-14(21)17(8-13(16)20)26-31(3,28)29/h7-12,26H,4-6H2,1-3H3,(H,22,27)(H2,23,24,25)/t11-,12+/m1/s1. The molecule has 1 amide bonds. The normalized spacial score (nSPS) is 18.8. The molecule has 0 spiro atoms. The van der Waals surface area contributed by atoms with Gasteiger partial charge in [0.2, 0.25) is 10.0 Å². The van der Waals surface area contributed by atoms with Gasteiger partial charge >= 0.3 is 6.09 Å². The summed E-state index contributed by atoms with van der Waals surface area (Å²) < 4.78 is 58.2. The lowest BCUT2D eigenvalue weighted by molar-refractivity contribution is 0.0981. The monoisotopic (exact) mass is 457 g/mol. The summed E-state index contributed by atoms with van der Waals surface area (Å²) in [5, 5.41) is 12.3. The number of anilines is 3. The van der Waals surface area contributed by atoms with Crippen molar-refractivity contribution < 1.29 is 26.7 Å². The lowest BCUT2D eigenvalue weighted by atomic mass is 10.0. The quantitative estimate of drug-likeness (QED) is 0.504. The van der Waals surface area contributed by atoms with Gasteiger partial charge in [-0.3, -0.25) is 9.82 Å². The molecule has 1 aromatic heterocycles. The van der Waals surface area contributed by atoms with Gasteiger partial charge in [-0.1, -0.05) is 0 Å². The van der Waals surface area contributed by atoms with Crippen LogP contribution in [0.15, 0.2) is 18.2 Å². The summed E-state index contributed by atoms with van der Waals surface area (Å²) in [6, 6.07) is 3.28. The first-order valence-electron chi connectivity index (χ1n) is 9.76. The van der Waals surface area contributed by atoms with E-state index in [-0.39, 0.29) is 29.6 Å². The Bertz CT molecular complexity index is 1060. The fourth-order valence-corrected chi connectivity index (χ4v) is 3.97. The van der Waals surface area contributed by atoms with Gasteiger partial charge in [0.1, 0.15) is 17.7 Å². The molecule has 2 aromatic rings. The summed E-state index contributed by atoms with van der Waals surface area (Å²) in [5.41, 5.74) is 0.119. The van der Waals surface area contributed by atoms with Crippen LogP contribution in [0.1, 0.15) is 44.7 Å². The van der Waals surface area contributed by atoms with Crippen molar-refractivity contribution in [2.24, 2.45) is 0 Å². The van der Waals surface area contributed by atoms with E-state index in [0.29, 0.717) is 12.8 Å². The van der Waals surface area contributed by atoms with E-state index in [9.17, 15) is 22.0 Å². The molecule has 1 saturated carbocycles. The minimum Gasteiger partial charge on any atom is -0.446 e. The number of aromatic nitrogens is 2. The molecule has 1 heterocycles. The average Bonchev–Trinajstić information content (AvgIpc) is 3.26. The third-order valence-corrected chi connectivity index (χ3v) is 5.31. The molecule has 1 fully saturated rings. The number of ether oxygens (including phenoxy) is 1. The Morgan fingerprint density at radius 3 is 2.55 bits per heavy atom. The highest BCUT2D eigenvalue weighted by Gasteiger charge is 2.30. The van der Waals surface area contributed by atoms with E-state index >= 15 is 0 Å². The second kappa shape index (κ2) is 9.08. The van der Waals surface area contributed by atoms with Crippen molar-refractivity contribution in [2.75, 3.05) is 16.3 Å². The second-order valence-corrected chi connectivity index (χ2v) is 9.60. The number of hydrogen-bond acceptors (Lipinski definition) is 6. The van der Waals surface area contributed by atoms with Gasteiger partial charge in [0.05, 0.1) is 17.6 Å². The van der Waals surface area contributed by atoms with Crippen molar-refractivity contribution in [2.45, 2.75) is 51.2 Å². The Balaban J connectivity index is 1.63. The summed E-state index contributed by atoms with van der Waals surface area (Å²) in [6.45, 7) is 3.70. The maximum Gasteiger partial charge on any atom is 0.407 e. The highest BCUT2D eigenvalue weighted by Crippen LogP contribution is 2.36. The number of carbonyl (C=O) groups is 1. The average molecular weight is 458 g/mol. The van der Waals surface area contributed by atoms with Crippen molar-refractivity contribution in [1.82, 2.24) is 15.5 Å². The lowest BCUT2D eigenvalue weighted by Crippen LogP contribution is -2.33. The first-order valence-corrected chi connectivity index (χ1v) is 11.7. The molecule has 0 bridgehead atoms. The van der Waals surface area contributed by atoms with Crippen LogP contribution in [0.25, 0.3) is 0 Å². The van der Waals surface area contributed by atoms with Gasteiger partial charge in [-0.25, -0.2) is 22.0 Å². The first kappa shape index (κ1) is 22.8. The molecule has 1 aliphatic carbocycles. The molecule has 9 nitrogen and oxygen atoms in total. The smallest absolute Gasteiger partial charge is 0.407 e. The van der Waals surface area contributed by atoms with Gasteiger partial charge in [0.25, 0.3) is 0 Å². The van der Waals surface area contributed by atoms with E-state index in [0.717, 1.165) is 30.5 Å². The maximum absolute atomic E-state index is 14.3. The van der Waals surface area contributed by atoms with Crippen molar-refractivity contribution in [3.05, 3.63) is 35.5 Å². The van der Waals surface area contributed by atoms with Crippen LogP contribution >= 0.6 is 0 Å². The SMILES string of the molecule is CC(C)NC(=O)O[C@H]1CC[C@@H](c2cc(Nc3cc(F)c(NS(C)(=O)=O)cc3F)n[nH]2)C1. The zero-order valence-corrected chi connectivity index (χ0v) is 18.1. The molecule has 0 radical (unpaired) electrons. The minimum atomic E-state index is -3.74. The number of benzene rings is 1.